The molecule has 0 aliphatic heterocycles. The molecule has 1 saturated carbocycles. The number of allylic oxidation sites excluding steroid dienone is 2. The summed E-state index contributed by atoms with van der Waals surface area (Å²) in [5.74, 6) is -1.83. The second-order valence-electron chi connectivity index (χ2n) is 2.50. The second kappa shape index (κ2) is 1.42. The number of hydrogen-bond acceptors (Lipinski definition) is 3. The minimum absolute atomic E-state index is 0.208. The van der Waals surface area contributed by atoms with Crippen molar-refractivity contribution in [2.45, 2.75) is 0 Å². The van der Waals surface area contributed by atoms with Crippen molar-refractivity contribution in [3.8, 4) is 0 Å². The highest BCUT2D eigenvalue weighted by Gasteiger charge is 2.58. The van der Waals surface area contributed by atoms with E-state index in [1.54, 1.807) is 0 Å². The third-order valence-electron chi connectivity index (χ3n) is 1.86. The Bertz CT molecular complexity index is 249. The maximum Gasteiger partial charge on any atom is 0.167 e. The van der Waals surface area contributed by atoms with Gasteiger partial charge >= 0.3 is 0 Å². The van der Waals surface area contributed by atoms with Crippen LogP contribution in [0.15, 0.2) is 12.2 Å². The molecule has 10 heavy (non-hydrogen) atoms. The van der Waals surface area contributed by atoms with Crippen LogP contribution in [0.1, 0.15) is 0 Å². The van der Waals surface area contributed by atoms with Gasteiger partial charge in [0.05, 0.1) is 11.8 Å². The lowest BCUT2D eigenvalue weighted by molar-refractivity contribution is -0.121. The summed E-state index contributed by atoms with van der Waals surface area (Å²) in [5, 5.41) is 0. The van der Waals surface area contributed by atoms with Crippen molar-refractivity contribution >= 4 is 17.3 Å². The second-order valence-corrected chi connectivity index (χ2v) is 2.50. The van der Waals surface area contributed by atoms with Gasteiger partial charge in [-0.2, -0.15) is 0 Å². The molecule has 0 aromatic heterocycles. The van der Waals surface area contributed by atoms with Crippen molar-refractivity contribution < 1.29 is 14.4 Å². The first-order valence-electron chi connectivity index (χ1n) is 3.01. The molecule has 1 fully saturated rings. The highest BCUT2D eigenvalue weighted by atomic mass is 16.2. The van der Waals surface area contributed by atoms with Gasteiger partial charge < -0.3 is 0 Å². The zero-order valence-corrected chi connectivity index (χ0v) is 5.03. The van der Waals surface area contributed by atoms with E-state index in [0.29, 0.717) is 0 Å². The van der Waals surface area contributed by atoms with Crippen LogP contribution in [0.3, 0.4) is 0 Å². The lowest BCUT2D eigenvalue weighted by atomic mass is 10.1. The number of carbonyl (C=O) groups is 3. The zero-order chi connectivity index (χ0) is 7.30. The quantitative estimate of drug-likeness (QED) is 0.422. The summed E-state index contributed by atoms with van der Waals surface area (Å²) in [6, 6.07) is 0. The molecular formula is C7H4O3. The van der Waals surface area contributed by atoms with E-state index in [2.05, 4.69) is 0 Å². The molecule has 0 N–H and O–H groups in total. The van der Waals surface area contributed by atoms with Crippen LogP contribution < -0.4 is 0 Å². The summed E-state index contributed by atoms with van der Waals surface area (Å²) >= 11 is 0. The molecule has 2 aliphatic rings. The molecule has 0 saturated heterocycles. The molecule has 0 spiro atoms. The number of ketones is 3. The van der Waals surface area contributed by atoms with Crippen molar-refractivity contribution in [1.29, 1.82) is 0 Å². The lowest BCUT2D eigenvalue weighted by Crippen LogP contribution is -2.09. The molecular weight excluding hydrogens is 132 g/mol. The van der Waals surface area contributed by atoms with Crippen LogP contribution in [0, 0.1) is 11.8 Å². The molecule has 0 aromatic rings. The Hall–Kier alpha value is -1.25. The van der Waals surface area contributed by atoms with Crippen LogP contribution >= 0.6 is 0 Å². The van der Waals surface area contributed by atoms with Crippen LogP contribution in [0.5, 0.6) is 0 Å². The number of carbonyl (C=O) groups excluding carboxylic acids is 3. The van der Waals surface area contributed by atoms with Crippen LogP contribution in [-0.2, 0) is 14.4 Å². The van der Waals surface area contributed by atoms with Crippen LogP contribution in [0.2, 0.25) is 0 Å². The Morgan fingerprint density at radius 3 is 1.70 bits per heavy atom. The van der Waals surface area contributed by atoms with Gasteiger partial charge in [-0.3, -0.25) is 14.4 Å². The van der Waals surface area contributed by atoms with Crippen LogP contribution in [0.25, 0.3) is 0 Å². The molecule has 0 bridgehead atoms. The fraction of sp³-hybridized carbons (Fsp3) is 0.286. The number of rotatable bonds is 0. The van der Waals surface area contributed by atoms with Crippen molar-refractivity contribution in [3.05, 3.63) is 12.2 Å². The smallest absolute Gasteiger partial charge is 0.167 e. The van der Waals surface area contributed by atoms with Gasteiger partial charge in [0, 0.05) is 0 Å². The molecule has 0 aromatic carbocycles. The SMILES string of the molecule is O=C1C=CC(=O)C2C(=O)C12. The molecule has 2 atom stereocenters. The van der Waals surface area contributed by atoms with Gasteiger partial charge in [-0.25, -0.2) is 0 Å². The highest BCUT2D eigenvalue weighted by Crippen LogP contribution is 2.38. The first kappa shape index (κ1) is 5.53. The molecule has 2 aliphatic carbocycles. The fourth-order valence-corrected chi connectivity index (χ4v) is 1.22. The van der Waals surface area contributed by atoms with Gasteiger partial charge in [0.1, 0.15) is 0 Å². The van der Waals surface area contributed by atoms with Crippen molar-refractivity contribution in [2.24, 2.45) is 11.8 Å². The maximum atomic E-state index is 10.7. The third-order valence-corrected chi connectivity index (χ3v) is 1.86. The van der Waals surface area contributed by atoms with E-state index in [-0.39, 0.29) is 17.3 Å². The minimum Gasteiger partial charge on any atom is -0.298 e. The first-order valence-corrected chi connectivity index (χ1v) is 3.01. The van der Waals surface area contributed by atoms with E-state index < -0.39 is 11.8 Å². The number of hydrogen-bond donors (Lipinski definition) is 0. The van der Waals surface area contributed by atoms with E-state index in [0.717, 1.165) is 0 Å². The van der Waals surface area contributed by atoms with Crippen LogP contribution in [-0.4, -0.2) is 17.3 Å². The van der Waals surface area contributed by atoms with E-state index in [1.807, 2.05) is 0 Å². The van der Waals surface area contributed by atoms with Gasteiger partial charge in [0.2, 0.25) is 0 Å². The summed E-state index contributed by atoms with van der Waals surface area (Å²) in [6.07, 6.45) is 2.38. The summed E-state index contributed by atoms with van der Waals surface area (Å²) in [4.78, 5) is 32.1. The molecule has 50 valence electrons. The predicted molar refractivity (Wildman–Crippen MR) is 31.1 cm³/mol. The molecule has 2 rings (SSSR count). The molecule has 0 heterocycles. The van der Waals surface area contributed by atoms with E-state index in [1.165, 1.54) is 12.2 Å². The van der Waals surface area contributed by atoms with Gasteiger partial charge in [0.25, 0.3) is 0 Å². The van der Waals surface area contributed by atoms with Crippen LogP contribution in [0.4, 0.5) is 0 Å². The Morgan fingerprint density at radius 2 is 1.30 bits per heavy atom. The van der Waals surface area contributed by atoms with E-state index >= 15 is 0 Å². The van der Waals surface area contributed by atoms with Gasteiger partial charge in [-0.05, 0) is 12.2 Å². The monoisotopic (exact) mass is 136 g/mol. The predicted octanol–water partition coefficient (Wildman–Crippen LogP) is -0.491. The summed E-state index contributed by atoms with van der Waals surface area (Å²) < 4.78 is 0. The average Bonchev–Trinajstić information content (AvgIpc) is 2.55. The van der Waals surface area contributed by atoms with Crippen molar-refractivity contribution in [2.75, 3.05) is 0 Å². The Labute approximate surface area is 56.7 Å². The van der Waals surface area contributed by atoms with Gasteiger partial charge in [0.15, 0.2) is 17.3 Å². The molecule has 2 unspecified atom stereocenters. The summed E-state index contributed by atoms with van der Waals surface area (Å²) in [6.45, 7) is 0. The Balaban J connectivity index is 2.42. The third kappa shape index (κ3) is 0.472. The summed E-state index contributed by atoms with van der Waals surface area (Å²) in [5.41, 5.74) is 0. The topological polar surface area (TPSA) is 51.2 Å². The largest absolute Gasteiger partial charge is 0.298 e. The van der Waals surface area contributed by atoms with Crippen molar-refractivity contribution in [3.63, 3.8) is 0 Å². The number of Topliss-reactive ketones (excluding diaryl/α,β-unsaturated/α-hetero) is 1. The van der Waals surface area contributed by atoms with E-state index in [9.17, 15) is 14.4 Å². The number of fused-ring (bicyclic) bond motifs is 1. The lowest BCUT2D eigenvalue weighted by Gasteiger charge is -1.93. The van der Waals surface area contributed by atoms with Gasteiger partial charge in [-0.15, -0.1) is 0 Å². The van der Waals surface area contributed by atoms with Crippen molar-refractivity contribution in [1.82, 2.24) is 0 Å². The molecule has 3 heteroatoms. The zero-order valence-electron chi connectivity index (χ0n) is 5.03. The molecule has 0 amide bonds. The Morgan fingerprint density at radius 1 is 0.900 bits per heavy atom. The maximum absolute atomic E-state index is 10.7. The van der Waals surface area contributed by atoms with Gasteiger partial charge in [-0.1, -0.05) is 0 Å². The fourth-order valence-electron chi connectivity index (χ4n) is 1.22. The summed E-state index contributed by atoms with van der Waals surface area (Å²) in [7, 11) is 0. The Kier molecular flexibility index (Phi) is 0.787. The molecule has 3 nitrogen and oxygen atoms in total. The molecule has 0 radical (unpaired) electrons. The minimum atomic E-state index is -0.600. The first-order chi connectivity index (χ1) is 4.72. The standard InChI is InChI=1S/C7H4O3/c8-3-1-2-4(9)6-5(3)7(6)10/h1-2,5-6H. The highest BCUT2D eigenvalue weighted by molar-refractivity contribution is 6.34. The normalized spacial score (nSPS) is 36.2. The average molecular weight is 136 g/mol. The van der Waals surface area contributed by atoms with E-state index in [4.69, 9.17) is 0 Å².